The Bertz CT molecular complexity index is 967. The number of fused-ring (bicyclic) bond motifs is 1. The minimum Gasteiger partial charge on any atom is -0.444 e. The Hall–Kier alpha value is -1.77. The van der Waals surface area contributed by atoms with Crippen molar-refractivity contribution < 1.29 is 9.53 Å². The number of hydrogen-bond donors (Lipinski definition) is 0. The summed E-state index contributed by atoms with van der Waals surface area (Å²) in [4.78, 5) is 29.1. The molecule has 1 aromatic carbocycles. The predicted octanol–water partition coefficient (Wildman–Crippen LogP) is 4.00. The molecule has 2 heterocycles. The van der Waals surface area contributed by atoms with Gasteiger partial charge in [-0.15, -0.1) is 0 Å². The molecule has 2 fully saturated rings. The number of carbonyl (C=O) groups excluding carboxylic acids is 1. The maximum atomic E-state index is 12.8. The third kappa shape index (κ3) is 3.99. The zero-order valence-corrected chi connectivity index (χ0v) is 18.7. The molecule has 0 spiro atoms. The highest BCUT2D eigenvalue weighted by atomic mass is 127. The molecule has 4 rings (SSSR count). The number of pyridine rings is 1. The van der Waals surface area contributed by atoms with Crippen LogP contribution in [0.2, 0.25) is 0 Å². The van der Waals surface area contributed by atoms with Crippen molar-refractivity contribution in [1.82, 2.24) is 9.47 Å². The second-order valence-electron chi connectivity index (χ2n) is 8.60. The van der Waals surface area contributed by atoms with Crippen LogP contribution in [0.15, 0.2) is 29.2 Å². The van der Waals surface area contributed by atoms with Crippen LogP contribution in [0.1, 0.15) is 39.7 Å². The number of anilines is 1. The monoisotopic (exact) mass is 495 g/mol. The van der Waals surface area contributed by atoms with Gasteiger partial charge in [0.15, 0.2) is 0 Å². The third-order valence-electron chi connectivity index (χ3n) is 5.21. The fraction of sp³-hybridized carbons (Fsp3) is 0.524. The van der Waals surface area contributed by atoms with Crippen molar-refractivity contribution in [3.63, 3.8) is 0 Å². The number of amides is 1. The molecule has 1 saturated heterocycles. The minimum absolute atomic E-state index is 0.110. The van der Waals surface area contributed by atoms with E-state index in [0.717, 1.165) is 46.0 Å². The number of piperazine rings is 1. The largest absolute Gasteiger partial charge is 0.444 e. The summed E-state index contributed by atoms with van der Waals surface area (Å²) in [5, 5.41) is 1.80. The van der Waals surface area contributed by atoms with E-state index in [2.05, 4.69) is 33.6 Å². The molecule has 0 radical (unpaired) electrons. The number of rotatable bonds is 2. The first-order chi connectivity index (χ1) is 13.2. The van der Waals surface area contributed by atoms with E-state index in [-0.39, 0.29) is 11.7 Å². The quantitative estimate of drug-likeness (QED) is 0.592. The van der Waals surface area contributed by atoms with Gasteiger partial charge in [0.25, 0.3) is 5.56 Å². The summed E-state index contributed by atoms with van der Waals surface area (Å²) in [6, 6.07) is 6.47. The standard InChI is InChI=1S/C21H26IN3O3/c1-21(2,3)28-20(27)24-10-8-23(9-11-24)15-6-7-16-17(12-15)18(22)13-25(19(16)26)14-4-5-14/h6-7,12-14H,4-5,8-11H2,1-3H3. The summed E-state index contributed by atoms with van der Waals surface area (Å²) in [7, 11) is 0. The molecule has 0 bridgehead atoms. The lowest BCUT2D eigenvalue weighted by molar-refractivity contribution is 0.0240. The SMILES string of the molecule is CC(C)(C)OC(=O)N1CCN(c2ccc3c(=O)n(C4CC4)cc(I)c3c2)CC1. The molecule has 1 aromatic heterocycles. The lowest BCUT2D eigenvalue weighted by Crippen LogP contribution is -2.50. The van der Waals surface area contributed by atoms with E-state index in [1.54, 1.807) is 4.90 Å². The number of benzene rings is 1. The second kappa shape index (κ2) is 7.24. The average molecular weight is 495 g/mol. The highest BCUT2D eigenvalue weighted by Crippen LogP contribution is 2.35. The summed E-state index contributed by atoms with van der Waals surface area (Å²) in [5.74, 6) is 0. The first-order valence-electron chi connectivity index (χ1n) is 9.80. The van der Waals surface area contributed by atoms with Crippen LogP contribution in [0.25, 0.3) is 10.8 Å². The molecule has 1 aliphatic carbocycles. The summed E-state index contributed by atoms with van der Waals surface area (Å²) in [6.45, 7) is 8.42. The number of ether oxygens (including phenoxy) is 1. The molecule has 0 atom stereocenters. The van der Waals surface area contributed by atoms with Gasteiger partial charge in [-0.05, 0) is 74.4 Å². The van der Waals surface area contributed by atoms with Crippen LogP contribution in [-0.2, 0) is 4.74 Å². The molecular weight excluding hydrogens is 469 g/mol. The van der Waals surface area contributed by atoms with Crippen molar-refractivity contribution >= 4 is 45.1 Å². The lowest BCUT2D eigenvalue weighted by atomic mass is 10.1. The van der Waals surface area contributed by atoms with E-state index in [4.69, 9.17) is 4.74 Å². The number of carbonyl (C=O) groups is 1. The van der Waals surface area contributed by atoms with E-state index in [0.29, 0.717) is 19.1 Å². The summed E-state index contributed by atoms with van der Waals surface area (Å²) >= 11 is 2.33. The maximum absolute atomic E-state index is 12.8. The molecule has 150 valence electrons. The Morgan fingerprint density at radius 2 is 1.79 bits per heavy atom. The topological polar surface area (TPSA) is 54.8 Å². The number of hydrogen-bond acceptors (Lipinski definition) is 4. The number of nitrogens with zero attached hydrogens (tertiary/aromatic N) is 3. The Kier molecular flexibility index (Phi) is 5.05. The molecule has 1 amide bonds. The fourth-order valence-electron chi connectivity index (χ4n) is 3.60. The Labute approximate surface area is 178 Å². The van der Waals surface area contributed by atoms with Crippen molar-refractivity contribution in [2.24, 2.45) is 0 Å². The molecule has 7 heteroatoms. The first kappa shape index (κ1) is 19.5. The van der Waals surface area contributed by atoms with Crippen molar-refractivity contribution in [3.8, 4) is 0 Å². The van der Waals surface area contributed by atoms with Crippen molar-refractivity contribution in [2.45, 2.75) is 45.3 Å². The number of halogens is 1. The molecule has 0 N–H and O–H groups in total. The summed E-state index contributed by atoms with van der Waals surface area (Å²) in [5.41, 5.74) is 0.730. The third-order valence-corrected chi connectivity index (χ3v) is 6.07. The molecule has 6 nitrogen and oxygen atoms in total. The van der Waals surface area contributed by atoms with Gasteiger partial charge in [0, 0.05) is 58.4 Å². The molecule has 1 aliphatic heterocycles. The van der Waals surface area contributed by atoms with E-state index in [9.17, 15) is 9.59 Å². The van der Waals surface area contributed by atoms with Crippen LogP contribution < -0.4 is 10.5 Å². The van der Waals surface area contributed by atoms with Gasteiger partial charge >= 0.3 is 6.09 Å². The Morgan fingerprint density at radius 3 is 2.39 bits per heavy atom. The van der Waals surface area contributed by atoms with Crippen LogP contribution >= 0.6 is 22.6 Å². The first-order valence-corrected chi connectivity index (χ1v) is 10.9. The fourth-order valence-corrected chi connectivity index (χ4v) is 4.35. The van der Waals surface area contributed by atoms with Crippen LogP contribution in [0.4, 0.5) is 10.5 Å². The van der Waals surface area contributed by atoms with Gasteiger partial charge in [-0.2, -0.15) is 0 Å². The predicted molar refractivity (Wildman–Crippen MR) is 119 cm³/mol. The van der Waals surface area contributed by atoms with Gasteiger partial charge in [0.1, 0.15) is 5.60 Å². The molecule has 2 aliphatic rings. The zero-order chi connectivity index (χ0) is 20.1. The van der Waals surface area contributed by atoms with Crippen LogP contribution in [0.3, 0.4) is 0 Å². The summed E-state index contributed by atoms with van der Waals surface area (Å²) < 4.78 is 8.47. The Morgan fingerprint density at radius 1 is 1.11 bits per heavy atom. The molecule has 2 aromatic rings. The minimum atomic E-state index is -0.476. The van der Waals surface area contributed by atoms with Gasteiger partial charge < -0.3 is 19.1 Å². The smallest absolute Gasteiger partial charge is 0.410 e. The maximum Gasteiger partial charge on any atom is 0.410 e. The number of aromatic nitrogens is 1. The molecule has 28 heavy (non-hydrogen) atoms. The molecule has 1 saturated carbocycles. The second-order valence-corrected chi connectivity index (χ2v) is 9.77. The van der Waals surface area contributed by atoms with Gasteiger partial charge in [0.05, 0.1) is 0 Å². The zero-order valence-electron chi connectivity index (χ0n) is 16.6. The van der Waals surface area contributed by atoms with E-state index >= 15 is 0 Å². The van der Waals surface area contributed by atoms with Crippen LogP contribution in [-0.4, -0.2) is 47.3 Å². The summed E-state index contributed by atoms with van der Waals surface area (Å²) in [6.07, 6.45) is 3.94. The van der Waals surface area contributed by atoms with E-state index in [1.165, 1.54) is 0 Å². The highest BCUT2D eigenvalue weighted by molar-refractivity contribution is 14.1. The Balaban J connectivity index is 1.51. The molecular formula is C21H26IN3O3. The van der Waals surface area contributed by atoms with Gasteiger partial charge in [0.2, 0.25) is 0 Å². The van der Waals surface area contributed by atoms with Crippen molar-refractivity contribution in [1.29, 1.82) is 0 Å². The van der Waals surface area contributed by atoms with E-state index < -0.39 is 5.60 Å². The van der Waals surface area contributed by atoms with Gasteiger partial charge in [-0.1, -0.05) is 0 Å². The highest BCUT2D eigenvalue weighted by Gasteiger charge is 2.27. The lowest BCUT2D eigenvalue weighted by Gasteiger charge is -2.36. The molecule has 0 unspecified atom stereocenters. The van der Waals surface area contributed by atoms with Crippen molar-refractivity contribution in [3.05, 3.63) is 38.3 Å². The van der Waals surface area contributed by atoms with Gasteiger partial charge in [-0.3, -0.25) is 4.79 Å². The normalized spacial score (nSPS) is 17.9. The van der Waals surface area contributed by atoms with Crippen LogP contribution in [0.5, 0.6) is 0 Å². The average Bonchev–Trinajstić information content (AvgIpc) is 3.48. The van der Waals surface area contributed by atoms with Crippen molar-refractivity contribution in [2.75, 3.05) is 31.1 Å². The van der Waals surface area contributed by atoms with Crippen LogP contribution in [0, 0.1) is 3.57 Å². The van der Waals surface area contributed by atoms with E-state index in [1.807, 2.05) is 43.7 Å². The van der Waals surface area contributed by atoms with Gasteiger partial charge in [-0.25, -0.2) is 4.79 Å².